The number of allylic oxidation sites excluding steroid dienone is 1. The Hall–Kier alpha value is -0.950. The van der Waals surface area contributed by atoms with Gasteiger partial charge in [0.05, 0.1) is 0 Å². The summed E-state index contributed by atoms with van der Waals surface area (Å²) in [6.07, 6.45) is 5.45. The standard InChI is InChI=1S/C16H20S/c1-5-12-7-8-14-13(11-12)15(17-6-2)9-10-16(14,3)4/h5,7-9,11H,1,6,10H2,2-4H3. The van der Waals surface area contributed by atoms with Gasteiger partial charge in [-0.3, -0.25) is 0 Å². The van der Waals surface area contributed by atoms with Gasteiger partial charge in [-0.25, -0.2) is 0 Å². The van der Waals surface area contributed by atoms with Crippen LogP contribution < -0.4 is 0 Å². The van der Waals surface area contributed by atoms with Crippen LogP contribution in [0.1, 0.15) is 43.9 Å². The first-order valence-electron chi connectivity index (χ1n) is 6.19. The molecule has 1 aliphatic carbocycles. The van der Waals surface area contributed by atoms with Crippen LogP contribution in [-0.2, 0) is 5.41 Å². The fourth-order valence-corrected chi connectivity index (χ4v) is 3.18. The van der Waals surface area contributed by atoms with Gasteiger partial charge in [0.2, 0.25) is 0 Å². The van der Waals surface area contributed by atoms with Crippen LogP contribution in [-0.4, -0.2) is 5.75 Å². The van der Waals surface area contributed by atoms with Gasteiger partial charge in [-0.05, 0) is 40.3 Å². The third-order valence-corrected chi connectivity index (χ3v) is 4.36. The van der Waals surface area contributed by atoms with E-state index in [1.54, 1.807) is 0 Å². The highest BCUT2D eigenvalue weighted by Gasteiger charge is 2.27. The predicted octanol–water partition coefficient (Wildman–Crippen LogP) is 5.10. The third kappa shape index (κ3) is 2.35. The summed E-state index contributed by atoms with van der Waals surface area (Å²) in [5.74, 6) is 1.13. The summed E-state index contributed by atoms with van der Waals surface area (Å²) < 4.78 is 0. The molecule has 0 unspecified atom stereocenters. The lowest BCUT2D eigenvalue weighted by Crippen LogP contribution is -2.21. The van der Waals surface area contributed by atoms with Crippen molar-refractivity contribution in [3.8, 4) is 0 Å². The van der Waals surface area contributed by atoms with E-state index >= 15 is 0 Å². The molecule has 0 bridgehead atoms. The van der Waals surface area contributed by atoms with Crippen LogP contribution in [0.25, 0.3) is 11.0 Å². The number of thioether (sulfide) groups is 1. The van der Waals surface area contributed by atoms with Crippen molar-refractivity contribution in [2.75, 3.05) is 5.75 Å². The monoisotopic (exact) mass is 244 g/mol. The van der Waals surface area contributed by atoms with E-state index in [9.17, 15) is 0 Å². The molecule has 0 aromatic heterocycles. The zero-order valence-corrected chi connectivity index (χ0v) is 11.7. The average molecular weight is 244 g/mol. The van der Waals surface area contributed by atoms with Crippen molar-refractivity contribution in [1.29, 1.82) is 0 Å². The van der Waals surface area contributed by atoms with Crippen LogP contribution >= 0.6 is 11.8 Å². The zero-order chi connectivity index (χ0) is 12.5. The van der Waals surface area contributed by atoms with Gasteiger partial charge in [-0.15, -0.1) is 11.8 Å². The lowest BCUT2D eigenvalue weighted by atomic mass is 9.75. The molecule has 17 heavy (non-hydrogen) atoms. The second-order valence-corrected chi connectivity index (χ2v) is 6.40. The van der Waals surface area contributed by atoms with Crippen LogP contribution in [0.4, 0.5) is 0 Å². The number of fused-ring (bicyclic) bond motifs is 1. The van der Waals surface area contributed by atoms with E-state index in [0.29, 0.717) is 0 Å². The highest BCUT2D eigenvalue weighted by molar-refractivity contribution is 8.08. The molecule has 1 heteroatoms. The number of benzene rings is 1. The molecule has 90 valence electrons. The molecule has 1 aromatic carbocycles. The summed E-state index contributed by atoms with van der Waals surface area (Å²) in [4.78, 5) is 1.44. The maximum absolute atomic E-state index is 3.86. The summed E-state index contributed by atoms with van der Waals surface area (Å²) in [6, 6.07) is 6.72. The Balaban J connectivity index is 2.55. The minimum absolute atomic E-state index is 0.257. The fourth-order valence-electron chi connectivity index (χ4n) is 2.34. The predicted molar refractivity (Wildman–Crippen MR) is 80.3 cm³/mol. The molecule has 0 aliphatic heterocycles. The molecule has 0 N–H and O–H groups in total. The summed E-state index contributed by atoms with van der Waals surface area (Å²) in [7, 11) is 0. The number of hydrogen-bond donors (Lipinski definition) is 0. The second kappa shape index (κ2) is 4.73. The Labute approximate surface area is 109 Å². The Morgan fingerprint density at radius 1 is 1.41 bits per heavy atom. The minimum atomic E-state index is 0.257. The van der Waals surface area contributed by atoms with Crippen LogP contribution in [0, 0.1) is 0 Å². The SMILES string of the molecule is C=Cc1ccc2c(c1)C(SCC)=CCC2(C)C. The van der Waals surface area contributed by atoms with E-state index in [4.69, 9.17) is 0 Å². The van der Waals surface area contributed by atoms with Gasteiger partial charge in [-0.1, -0.05) is 51.6 Å². The Bertz CT molecular complexity index is 466. The smallest absolute Gasteiger partial charge is 0.0108 e. The maximum atomic E-state index is 3.86. The molecule has 0 atom stereocenters. The van der Waals surface area contributed by atoms with Crippen molar-refractivity contribution in [3.05, 3.63) is 47.5 Å². The molecule has 2 rings (SSSR count). The molecular formula is C16H20S. The fraction of sp³-hybridized carbons (Fsp3) is 0.375. The van der Waals surface area contributed by atoms with E-state index in [1.165, 1.54) is 21.6 Å². The first kappa shape index (κ1) is 12.5. The van der Waals surface area contributed by atoms with Gasteiger partial charge in [0.1, 0.15) is 0 Å². The normalized spacial score (nSPS) is 17.2. The summed E-state index contributed by atoms with van der Waals surface area (Å²) >= 11 is 1.94. The molecule has 0 saturated heterocycles. The van der Waals surface area contributed by atoms with Gasteiger partial charge in [0.15, 0.2) is 0 Å². The topological polar surface area (TPSA) is 0 Å². The first-order chi connectivity index (χ1) is 8.08. The summed E-state index contributed by atoms with van der Waals surface area (Å²) in [6.45, 7) is 10.7. The molecule has 0 spiro atoms. The molecule has 0 radical (unpaired) electrons. The average Bonchev–Trinajstić information content (AvgIpc) is 2.32. The molecular weight excluding hydrogens is 224 g/mol. The third-order valence-electron chi connectivity index (χ3n) is 3.37. The van der Waals surface area contributed by atoms with Crippen LogP contribution in [0.15, 0.2) is 30.9 Å². The van der Waals surface area contributed by atoms with Crippen LogP contribution in [0.2, 0.25) is 0 Å². The Kier molecular flexibility index (Phi) is 3.48. The molecule has 0 heterocycles. The zero-order valence-electron chi connectivity index (χ0n) is 10.9. The largest absolute Gasteiger partial charge is 0.126 e. The van der Waals surface area contributed by atoms with Gasteiger partial charge < -0.3 is 0 Å². The molecule has 0 fully saturated rings. The highest BCUT2D eigenvalue weighted by atomic mass is 32.2. The molecule has 1 aliphatic rings. The highest BCUT2D eigenvalue weighted by Crippen LogP contribution is 2.43. The van der Waals surface area contributed by atoms with Gasteiger partial charge in [-0.2, -0.15) is 0 Å². The van der Waals surface area contributed by atoms with Crippen LogP contribution in [0.3, 0.4) is 0 Å². The maximum Gasteiger partial charge on any atom is 0.0108 e. The lowest BCUT2D eigenvalue weighted by molar-refractivity contribution is 0.528. The van der Waals surface area contributed by atoms with Gasteiger partial charge in [0.25, 0.3) is 0 Å². The summed E-state index contributed by atoms with van der Waals surface area (Å²) in [5.41, 5.74) is 4.35. The van der Waals surface area contributed by atoms with Crippen molar-refractivity contribution in [2.45, 2.75) is 32.6 Å². The van der Waals surface area contributed by atoms with Crippen molar-refractivity contribution in [1.82, 2.24) is 0 Å². The first-order valence-corrected chi connectivity index (χ1v) is 7.17. The number of rotatable bonds is 3. The summed E-state index contributed by atoms with van der Waals surface area (Å²) in [5, 5.41) is 0. The van der Waals surface area contributed by atoms with Gasteiger partial charge in [0, 0.05) is 4.91 Å². The minimum Gasteiger partial charge on any atom is -0.126 e. The van der Waals surface area contributed by atoms with E-state index in [-0.39, 0.29) is 5.41 Å². The van der Waals surface area contributed by atoms with E-state index < -0.39 is 0 Å². The van der Waals surface area contributed by atoms with Crippen molar-refractivity contribution in [2.24, 2.45) is 0 Å². The van der Waals surface area contributed by atoms with Crippen LogP contribution in [0.5, 0.6) is 0 Å². The second-order valence-electron chi connectivity index (χ2n) is 5.10. The van der Waals surface area contributed by atoms with Crippen molar-refractivity contribution >= 4 is 22.7 Å². The lowest BCUT2D eigenvalue weighted by Gasteiger charge is -2.32. The van der Waals surface area contributed by atoms with E-state index in [2.05, 4.69) is 51.6 Å². The van der Waals surface area contributed by atoms with E-state index in [1.807, 2.05) is 17.8 Å². The van der Waals surface area contributed by atoms with Gasteiger partial charge >= 0.3 is 0 Å². The van der Waals surface area contributed by atoms with Crippen molar-refractivity contribution in [3.63, 3.8) is 0 Å². The Morgan fingerprint density at radius 3 is 2.82 bits per heavy atom. The van der Waals surface area contributed by atoms with E-state index in [0.717, 1.165) is 12.2 Å². The molecule has 0 nitrogen and oxygen atoms in total. The quantitative estimate of drug-likeness (QED) is 0.712. The number of hydrogen-bond acceptors (Lipinski definition) is 1. The van der Waals surface area contributed by atoms with Crippen molar-refractivity contribution < 1.29 is 0 Å². The molecule has 0 amide bonds. The molecule has 0 saturated carbocycles. The molecule has 1 aromatic rings. The Morgan fingerprint density at radius 2 is 2.18 bits per heavy atom.